The van der Waals surface area contributed by atoms with Gasteiger partial charge in [0.05, 0.1) is 26.2 Å². The van der Waals surface area contributed by atoms with Gasteiger partial charge < -0.3 is 30.3 Å². The molecule has 0 atom stereocenters. The number of hydrogen-bond donors (Lipinski definition) is 5. The highest BCUT2D eigenvalue weighted by Gasteiger charge is 2.41. The zero-order valence-electron chi connectivity index (χ0n) is 10.5. The quantitative estimate of drug-likeness (QED) is 0.215. The molecule has 7 heteroatoms. The third-order valence-electron chi connectivity index (χ3n) is 2.62. The predicted octanol–water partition coefficient (Wildman–Crippen LogP) is -1.51. The van der Waals surface area contributed by atoms with Gasteiger partial charge in [0.15, 0.2) is 0 Å². The maximum absolute atomic E-state index is 11.3. The molecule has 106 valence electrons. The Hall–Kier alpha value is -0.990. The molecule has 5 N–H and O–H groups in total. The Morgan fingerprint density at radius 3 is 1.94 bits per heavy atom. The molecular weight excluding hydrogens is 244 g/mol. The van der Waals surface area contributed by atoms with E-state index in [-0.39, 0.29) is 5.57 Å². The monoisotopic (exact) mass is 264 g/mol. The van der Waals surface area contributed by atoms with Crippen molar-refractivity contribution in [3.63, 3.8) is 0 Å². The largest absolute Gasteiger partial charge is 0.405 e. The Labute approximate surface area is 105 Å². The SMILES string of the molecule is CC=C(C)C(=O)OC(O)(O)CC(CO)(CO)CO. The Bertz CT molecular complexity index is 296. The lowest BCUT2D eigenvalue weighted by molar-refractivity contribution is -0.335. The van der Waals surface area contributed by atoms with Crippen molar-refractivity contribution in [2.45, 2.75) is 26.2 Å². The second-order valence-corrected chi connectivity index (χ2v) is 4.26. The van der Waals surface area contributed by atoms with Gasteiger partial charge in [-0.2, -0.15) is 0 Å². The van der Waals surface area contributed by atoms with Gasteiger partial charge in [-0.1, -0.05) is 6.08 Å². The van der Waals surface area contributed by atoms with Crippen molar-refractivity contribution in [2.75, 3.05) is 19.8 Å². The fourth-order valence-corrected chi connectivity index (χ4v) is 1.19. The van der Waals surface area contributed by atoms with Gasteiger partial charge in [0.25, 0.3) is 0 Å². The molecule has 7 nitrogen and oxygen atoms in total. The van der Waals surface area contributed by atoms with Crippen LogP contribution in [0.3, 0.4) is 0 Å². The van der Waals surface area contributed by atoms with Crippen LogP contribution in [0.2, 0.25) is 0 Å². The van der Waals surface area contributed by atoms with E-state index in [0.717, 1.165) is 0 Å². The van der Waals surface area contributed by atoms with Crippen molar-refractivity contribution in [3.05, 3.63) is 11.6 Å². The molecule has 0 saturated heterocycles. The van der Waals surface area contributed by atoms with E-state index in [1.807, 2.05) is 0 Å². The van der Waals surface area contributed by atoms with E-state index in [4.69, 9.17) is 15.3 Å². The molecule has 18 heavy (non-hydrogen) atoms. The third-order valence-corrected chi connectivity index (χ3v) is 2.62. The summed E-state index contributed by atoms with van der Waals surface area (Å²) in [6, 6.07) is 0. The second kappa shape index (κ2) is 6.81. The first-order chi connectivity index (χ1) is 8.25. The summed E-state index contributed by atoms with van der Waals surface area (Å²) in [5.41, 5.74) is -1.38. The minimum absolute atomic E-state index is 0.171. The summed E-state index contributed by atoms with van der Waals surface area (Å²) < 4.78 is 4.42. The zero-order chi connectivity index (χ0) is 14.4. The van der Waals surface area contributed by atoms with Crippen molar-refractivity contribution in [3.8, 4) is 0 Å². The van der Waals surface area contributed by atoms with Gasteiger partial charge in [-0.05, 0) is 13.8 Å². The highest BCUT2D eigenvalue weighted by Crippen LogP contribution is 2.27. The van der Waals surface area contributed by atoms with Gasteiger partial charge in [0.2, 0.25) is 0 Å². The van der Waals surface area contributed by atoms with Crippen LogP contribution in [-0.2, 0) is 9.53 Å². The first-order valence-corrected chi connectivity index (χ1v) is 5.39. The average Bonchev–Trinajstić information content (AvgIpc) is 2.34. The number of esters is 1. The van der Waals surface area contributed by atoms with Gasteiger partial charge in [-0.25, -0.2) is 4.79 Å². The van der Waals surface area contributed by atoms with Crippen molar-refractivity contribution < 1.29 is 35.1 Å². The maximum Gasteiger partial charge on any atom is 0.337 e. The summed E-state index contributed by atoms with van der Waals surface area (Å²) in [5, 5.41) is 46.1. The van der Waals surface area contributed by atoms with Crippen LogP contribution in [0.1, 0.15) is 20.3 Å². The van der Waals surface area contributed by atoms with Crippen LogP contribution in [0.25, 0.3) is 0 Å². The van der Waals surface area contributed by atoms with Gasteiger partial charge in [0, 0.05) is 11.0 Å². The molecule has 0 amide bonds. The molecule has 0 aliphatic heterocycles. The van der Waals surface area contributed by atoms with Crippen LogP contribution < -0.4 is 0 Å². The minimum atomic E-state index is -2.88. The van der Waals surface area contributed by atoms with Crippen molar-refractivity contribution in [1.82, 2.24) is 0 Å². The minimum Gasteiger partial charge on any atom is -0.405 e. The Morgan fingerprint density at radius 2 is 1.61 bits per heavy atom. The molecule has 0 unspecified atom stereocenters. The Kier molecular flexibility index (Phi) is 6.44. The standard InChI is InChI=1S/C11H20O7/c1-3-8(2)9(15)18-11(16,17)4-10(5-12,6-13)7-14/h3,12-14,16-17H,4-7H2,1-2H3. The van der Waals surface area contributed by atoms with Crippen LogP contribution in [0.4, 0.5) is 0 Å². The summed E-state index contributed by atoms with van der Waals surface area (Å²) in [6.07, 6.45) is 0.710. The number of aliphatic hydroxyl groups excluding tert-OH is 3. The highest BCUT2D eigenvalue weighted by molar-refractivity contribution is 5.87. The average molecular weight is 264 g/mol. The molecular formula is C11H20O7. The van der Waals surface area contributed by atoms with E-state index < -0.39 is 43.6 Å². The lowest BCUT2D eigenvalue weighted by atomic mass is 9.86. The summed E-state index contributed by atoms with van der Waals surface area (Å²) >= 11 is 0. The molecule has 0 aliphatic carbocycles. The summed E-state index contributed by atoms with van der Waals surface area (Å²) in [6.45, 7) is 0.928. The molecule has 0 rings (SSSR count). The molecule has 0 aromatic heterocycles. The molecule has 0 bridgehead atoms. The zero-order valence-corrected chi connectivity index (χ0v) is 10.5. The van der Waals surface area contributed by atoms with Crippen LogP contribution in [0, 0.1) is 5.41 Å². The van der Waals surface area contributed by atoms with Gasteiger partial charge in [0.1, 0.15) is 0 Å². The Morgan fingerprint density at radius 1 is 1.17 bits per heavy atom. The van der Waals surface area contributed by atoms with E-state index >= 15 is 0 Å². The molecule has 0 spiro atoms. The van der Waals surface area contributed by atoms with Crippen LogP contribution in [0.15, 0.2) is 11.6 Å². The fourth-order valence-electron chi connectivity index (χ4n) is 1.19. The second-order valence-electron chi connectivity index (χ2n) is 4.26. The highest BCUT2D eigenvalue weighted by atomic mass is 16.8. The van der Waals surface area contributed by atoms with Gasteiger partial charge >= 0.3 is 11.9 Å². The van der Waals surface area contributed by atoms with Crippen LogP contribution >= 0.6 is 0 Å². The first-order valence-electron chi connectivity index (χ1n) is 5.39. The summed E-state index contributed by atoms with van der Waals surface area (Å²) in [5.74, 6) is -3.82. The topological polar surface area (TPSA) is 127 Å². The molecule has 0 radical (unpaired) electrons. The van der Waals surface area contributed by atoms with Gasteiger partial charge in [-0.3, -0.25) is 0 Å². The molecule has 0 fully saturated rings. The fraction of sp³-hybridized carbons (Fsp3) is 0.727. The third kappa shape index (κ3) is 4.71. The normalized spacial score (nSPS) is 13.6. The van der Waals surface area contributed by atoms with Crippen LogP contribution in [-0.4, -0.2) is 57.3 Å². The predicted molar refractivity (Wildman–Crippen MR) is 61.0 cm³/mol. The van der Waals surface area contributed by atoms with Crippen molar-refractivity contribution in [2.24, 2.45) is 5.41 Å². The smallest absolute Gasteiger partial charge is 0.337 e. The van der Waals surface area contributed by atoms with Crippen LogP contribution in [0.5, 0.6) is 0 Å². The number of aliphatic hydroxyl groups is 5. The molecule has 0 aromatic carbocycles. The number of carbonyl (C=O) groups is 1. The number of carbonyl (C=O) groups excluding carboxylic acids is 1. The van der Waals surface area contributed by atoms with E-state index in [1.165, 1.54) is 13.0 Å². The van der Waals surface area contributed by atoms with E-state index in [0.29, 0.717) is 0 Å². The molecule has 0 heterocycles. The number of ether oxygens (including phenoxy) is 1. The molecule has 0 aliphatic rings. The van der Waals surface area contributed by atoms with Gasteiger partial charge in [-0.15, -0.1) is 0 Å². The summed E-state index contributed by atoms with van der Waals surface area (Å²) in [7, 11) is 0. The molecule has 0 aromatic rings. The molecule has 0 saturated carbocycles. The number of rotatable bonds is 7. The van der Waals surface area contributed by atoms with E-state index in [2.05, 4.69) is 4.74 Å². The Balaban J connectivity index is 4.79. The maximum atomic E-state index is 11.3. The number of allylic oxidation sites excluding steroid dienone is 1. The number of hydrogen-bond acceptors (Lipinski definition) is 7. The van der Waals surface area contributed by atoms with E-state index in [9.17, 15) is 15.0 Å². The van der Waals surface area contributed by atoms with E-state index in [1.54, 1.807) is 6.92 Å². The van der Waals surface area contributed by atoms with Crippen molar-refractivity contribution in [1.29, 1.82) is 0 Å². The lowest BCUT2D eigenvalue weighted by Crippen LogP contribution is -2.46. The lowest BCUT2D eigenvalue weighted by Gasteiger charge is -2.33. The van der Waals surface area contributed by atoms with Crippen molar-refractivity contribution >= 4 is 5.97 Å². The summed E-state index contributed by atoms with van der Waals surface area (Å²) in [4.78, 5) is 11.3. The first kappa shape index (κ1) is 17.0.